The summed E-state index contributed by atoms with van der Waals surface area (Å²) in [5.41, 5.74) is 0. The topological polar surface area (TPSA) is 25.2 Å². The molecule has 0 saturated heterocycles. The lowest BCUT2D eigenvalue weighted by molar-refractivity contribution is 0.351. The molecule has 1 rings (SSSR count). The van der Waals surface area contributed by atoms with E-state index in [4.69, 9.17) is 4.42 Å². The number of hydrogen-bond acceptors (Lipinski definition) is 2. The van der Waals surface area contributed by atoms with Gasteiger partial charge in [0.1, 0.15) is 5.76 Å². The van der Waals surface area contributed by atoms with Gasteiger partial charge in [-0.15, -0.1) is 0 Å². The fourth-order valence-electron chi connectivity index (χ4n) is 1.21. The Bertz CT molecular complexity index is 228. The number of furan rings is 1. The summed E-state index contributed by atoms with van der Waals surface area (Å²) >= 11 is 0. The Morgan fingerprint density at radius 3 is 2.38 bits per heavy atom. The van der Waals surface area contributed by atoms with Crippen LogP contribution in [0.5, 0.6) is 0 Å². The fourth-order valence-corrected chi connectivity index (χ4v) is 1.21. The van der Waals surface area contributed by atoms with Crippen LogP contribution in [0.15, 0.2) is 22.8 Å². The predicted octanol–water partition coefficient (Wildman–Crippen LogP) is 2.97. The largest absolute Gasteiger partial charge is 0.468 e. The molecule has 1 aromatic heterocycles. The molecule has 0 bridgehead atoms. The third kappa shape index (κ3) is 2.88. The molecule has 0 aliphatic heterocycles. The van der Waals surface area contributed by atoms with Gasteiger partial charge in [0.05, 0.1) is 12.3 Å². The SMILES string of the molecule is CC(C)C(C)N[C@@H](C)c1ccco1. The molecule has 0 aliphatic carbocycles. The molecule has 2 heteroatoms. The maximum Gasteiger partial charge on any atom is 0.120 e. The monoisotopic (exact) mass is 181 g/mol. The quantitative estimate of drug-likeness (QED) is 0.772. The lowest BCUT2D eigenvalue weighted by Gasteiger charge is -2.21. The second-order valence-electron chi connectivity index (χ2n) is 3.94. The van der Waals surface area contributed by atoms with Gasteiger partial charge in [0.2, 0.25) is 0 Å². The molecule has 2 nitrogen and oxygen atoms in total. The van der Waals surface area contributed by atoms with Crippen molar-refractivity contribution in [2.24, 2.45) is 5.92 Å². The lowest BCUT2D eigenvalue weighted by atomic mass is 10.1. The van der Waals surface area contributed by atoms with E-state index in [-0.39, 0.29) is 0 Å². The van der Waals surface area contributed by atoms with Crippen molar-refractivity contribution >= 4 is 0 Å². The molecule has 1 unspecified atom stereocenters. The van der Waals surface area contributed by atoms with Gasteiger partial charge < -0.3 is 9.73 Å². The molecule has 13 heavy (non-hydrogen) atoms. The van der Waals surface area contributed by atoms with Crippen molar-refractivity contribution in [3.05, 3.63) is 24.2 Å². The lowest BCUT2D eigenvalue weighted by Crippen LogP contribution is -2.32. The molecule has 0 fully saturated rings. The van der Waals surface area contributed by atoms with Gasteiger partial charge in [-0.1, -0.05) is 13.8 Å². The summed E-state index contributed by atoms with van der Waals surface area (Å²) < 4.78 is 5.31. The molecule has 0 aromatic carbocycles. The smallest absolute Gasteiger partial charge is 0.120 e. The Kier molecular flexibility index (Phi) is 3.55. The third-order valence-corrected chi connectivity index (χ3v) is 2.48. The van der Waals surface area contributed by atoms with E-state index in [2.05, 4.69) is 33.0 Å². The Morgan fingerprint density at radius 1 is 1.23 bits per heavy atom. The Hall–Kier alpha value is -0.760. The zero-order valence-electron chi connectivity index (χ0n) is 8.87. The van der Waals surface area contributed by atoms with E-state index in [0.29, 0.717) is 18.0 Å². The van der Waals surface area contributed by atoms with E-state index in [9.17, 15) is 0 Å². The molecule has 1 N–H and O–H groups in total. The van der Waals surface area contributed by atoms with Crippen LogP contribution in [0.3, 0.4) is 0 Å². The highest BCUT2D eigenvalue weighted by atomic mass is 16.3. The van der Waals surface area contributed by atoms with Crippen LogP contribution in [0.1, 0.15) is 39.5 Å². The van der Waals surface area contributed by atoms with E-state index < -0.39 is 0 Å². The number of rotatable bonds is 4. The molecule has 0 spiro atoms. The summed E-state index contributed by atoms with van der Waals surface area (Å²) in [6.07, 6.45) is 1.72. The normalized spacial score (nSPS) is 16.1. The Morgan fingerprint density at radius 2 is 1.92 bits per heavy atom. The summed E-state index contributed by atoms with van der Waals surface area (Å²) in [6, 6.07) is 4.74. The molecule has 74 valence electrons. The maximum absolute atomic E-state index is 5.31. The van der Waals surface area contributed by atoms with E-state index >= 15 is 0 Å². The van der Waals surface area contributed by atoms with E-state index in [1.54, 1.807) is 6.26 Å². The van der Waals surface area contributed by atoms with Crippen molar-refractivity contribution in [2.75, 3.05) is 0 Å². The van der Waals surface area contributed by atoms with Crippen molar-refractivity contribution in [1.82, 2.24) is 5.32 Å². The van der Waals surface area contributed by atoms with E-state index in [1.165, 1.54) is 0 Å². The van der Waals surface area contributed by atoms with Gasteiger partial charge in [0.25, 0.3) is 0 Å². The first-order valence-electron chi connectivity index (χ1n) is 4.90. The van der Waals surface area contributed by atoms with E-state index in [1.807, 2.05) is 12.1 Å². The molecule has 0 amide bonds. The average Bonchev–Trinajstić information content (AvgIpc) is 2.55. The van der Waals surface area contributed by atoms with Gasteiger partial charge in [-0.25, -0.2) is 0 Å². The zero-order chi connectivity index (χ0) is 9.84. The molecule has 0 aliphatic rings. The summed E-state index contributed by atoms with van der Waals surface area (Å²) in [5.74, 6) is 1.66. The van der Waals surface area contributed by atoms with Crippen molar-refractivity contribution in [3.8, 4) is 0 Å². The number of nitrogens with one attached hydrogen (secondary N) is 1. The molecule has 1 heterocycles. The van der Waals surface area contributed by atoms with Gasteiger partial charge >= 0.3 is 0 Å². The predicted molar refractivity (Wildman–Crippen MR) is 54.6 cm³/mol. The van der Waals surface area contributed by atoms with Crippen LogP contribution >= 0.6 is 0 Å². The van der Waals surface area contributed by atoms with Crippen LogP contribution in [0.25, 0.3) is 0 Å². The Balaban J connectivity index is 2.46. The highest BCUT2D eigenvalue weighted by molar-refractivity contribution is 5.03. The first-order valence-corrected chi connectivity index (χ1v) is 4.90. The Labute approximate surface area is 80.3 Å². The molecular weight excluding hydrogens is 162 g/mol. The molecule has 0 saturated carbocycles. The fraction of sp³-hybridized carbons (Fsp3) is 0.636. The van der Waals surface area contributed by atoms with Gasteiger partial charge in [-0.3, -0.25) is 0 Å². The highest BCUT2D eigenvalue weighted by Gasteiger charge is 2.13. The average molecular weight is 181 g/mol. The van der Waals surface area contributed by atoms with Crippen LogP contribution in [-0.4, -0.2) is 6.04 Å². The standard InChI is InChI=1S/C11H19NO/c1-8(2)9(3)12-10(4)11-6-5-7-13-11/h5-10,12H,1-4H3/t9?,10-/m0/s1. The summed E-state index contributed by atoms with van der Waals surface area (Å²) in [4.78, 5) is 0. The number of hydrogen-bond donors (Lipinski definition) is 1. The minimum atomic E-state index is 0.299. The van der Waals surface area contributed by atoms with Crippen LogP contribution in [-0.2, 0) is 0 Å². The third-order valence-electron chi connectivity index (χ3n) is 2.48. The van der Waals surface area contributed by atoms with Gasteiger partial charge in [0.15, 0.2) is 0 Å². The summed E-state index contributed by atoms with van der Waals surface area (Å²) in [7, 11) is 0. The van der Waals surface area contributed by atoms with Crippen molar-refractivity contribution in [1.29, 1.82) is 0 Å². The second-order valence-corrected chi connectivity index (χ2v) is 3.94. The highest BCUT2D eigenvalue weighted by Crippen LogP contribution is 2.14. The van der Waals surface area contributed by atoms with Crippen LogP contribution in [0, 0.1) is 5.92 Å². The summed E-state index contributed by atoms with van der Waals surface area (Å²) in [6.45, 7) is 8.75. The summed E-state index contributed by atoms with van der Waals surface area (Å²) in [5, 5.41) is 3.49. The van der Waals surface area contributed by atoms with Crippen molar-refractivity contribution in [2.45, 2.75) is 39.8 Å². The van der Waals surface area contributed by atoms with Crippen LogP contribution < -0.4 is 5.32 Å². The maximum atomic E-state index is 5.31. The molecule has 1 aromatic rings. The van der Waals surface area contributed by atoms with Crippen LogP contribution in [0.4, 0.5) is 0 Å². The van der Waals surface area contributed by atoms with E-state index in [0.717, 1.165) is 5.76 Å². The van der Waals surface area contributed by atoms with Gasteiger partial charge in [0, 0.05) is 6.04 Å². The molecular formula is C11H19NO. The van der Waals surface area contributed by atoms with Crippen LogP contribution in [0.2, 0.25) is 0 Å². The molecule has 2 atom stereocenters. The second kappa shape index (κ2) is 4.47. The minimum Gasteiger partial charge on any atom is -0.468 e. The first-order chi connectivity index (χ1) is 6.11. The minimum absolute atomic E-state index is 0.299. The molecule has 0 radical (unpaired) electrons. The van der Waals surface area contributed by atoms with Crippen molar-refractivity contribution < 1.29 is 4.42 Å². The van der Waals surface area contributed by atoms with Gasteiger partial charge in [-0.05, 0) is 31.9 Å². The zero-order valence-corrected chi connectivity index (χ0v) is 8.87. The van der Waals surface area contributed by atoms with Gasteiger partial charge in [-0.2, -0.15) is 0 Å². The van der Waals surface area contributed by atoms with Crippen molar-refractivity contribution in [3.63, 3.8) is 0 Å². The first kappa shape index (κ1) is 10.3.